The lowest BCUT2D eigenvalue weighted by molar-refractivity contribution is 0.102. The molecule has 1 aliphatic heterocycles. The molecule has 4 heterocycles. The standard InChI is InChI=1S/C17H21N9O/c1-10-7-26-9-14(21-11(2)15(26)20-10)22-16(27)13-6-19-17(24-23-13)25-5-4-12(8-25)18-3/h6-7,9,12,18H,4-5,8H2,1-3H3,(H,22,27). The largest absolute Gasteiger partial charge is 0.338 e. The van der Waals surface area contributed by atoms with Crippen molar-refractivity contribution in [3.05, 3.63) is 35.7 Å². The molecule has 140 valence electrons. The minimum Gasteiger partial charge on any atom is -0.338 e. The number of carbonyl (C=O) groups excluding carboxylic acids is 1. The first-order valence-corrected chi connectivity index (χ1v) is 8.79. The Hall–Kier alpha value is -3.14. The molecule has 10 nitrogen and oxygen atoms in total. The number of likely N-dealkylation sites (N-methyl/N-ethyl adjacent to an activating group) is 1. The van der Waals surface area contributed by atoms with Gasteiger partial charge in [-0.05, 0) is 27.3 Å². The summed E-state index contributed by atoms with van der Waals surface area (Å²) in [6.07, 6.45) is 6.07. The molecule has 0 aromatic carbocycles. The number of imidazole rings is 1. The van der Waals surface area contributed by atoms with E-state index in [1.807, 2.05) is 31.5 Å². The van der Waals surface area contributed by atoms with Crippen LogP contribution in [0.3, 0.4) is 0 Å². The van der Waals surface area contributed by atoms with Gasteiger partial charge >= 0.3 is 0 Å². The van der Waals surface area contributed by atoms with E-state index in [1.165, 1.54) is 6.20 Å². The maximum atomic E-state index is 12.5. The van der Waals surface area contributed by atoms with Crippen molar-refractivity contribution >= 4 is 23.3 Å². The summed E-state index contributed by atoms with van der Waals surface area (Å²) in [7, 11) is 1.94. The van der Waals surface area contributed by atoms with Crippen molar-refractivity contribution in [1.82, 2.24) is 34.9 Å². The quantitative estimate of drug-likeness (QED) is 0.688. The molecule has 10 heteroatoms. The second-order valence-corrected chi connectivity index (χ2v) is 6.64. The molecule has 2 N–H and O–H groups in total. The topological polar surface area (TPSA) is 113 Å². The van der Waals surface area contributed by atoms with Crippen molar-refractivity contribution in [2.24, 2.45) is 0 Å². The molecule has 0 saturated carbocycles. The third-order valence-electron chi connectivity index (χ3n) is 4.63. The number of fused-ring (bicyclic) bond motifs is 1. The van der Waals surface area contributed by atoms with Crippen molar-refractivity contribution in [3.8, 4) is 0 Å². The number of hydrogen-bond donors (Lipinski definition) is 2. The Bertz CT molecular complexity index is 982. The molecule has 3 aromatic heterocycles. The fraction of sp³-hybridized carbons (Fsp3) is 0.412. The van der Waals surface area contributed by atoms with Crippen LogP contribution in [0.2, 0.25) is 0 Å². The van der Waals surface area contributed by atoms with Crippen LogP contribution in [-0.2, 0) is 0 Å². The SMILES string of the molecule is CNC1CCN(c2ncc(C(=O)Nc3cn4cc(C)nc4c(C)n3)nn2)C1. The predicted octanol–water partition coefficient (Wildman–Crippen LogP) is 0.582. The molecule has 1 saturated heterocycles. The molecule has 1 unspecified atom stereocenters. The van der Waals surface area contributed by atoms with Crippen molar-refractivity contribution < 1.29 is 4.79 Å². The lowest BCUT2D eigenvalue weighted by Gasteiger charge is -2.15. The van der Waals surface area contributed by atoms with E-state index >= 15 is 0 Å². The number of carbonyl (C=O) groups is 1. The highest BCUT2D eigenvalue weighted by molar-refractivity contribution is 6.02. The Balaban J connectivity index is 1.48. The Morgan fingerprint density at radius 3 is 2.78 bits per heavy atom. The highest BCUT2D eigenvalue weighted by Gasteiger charge is 2.23. The fourth-order valence-electron chi connectivity index (χ4n) is 3.21. The van der Waals surface area contributed by atoms with Gasteiger partial charge < -0.3 is 19.9 Å². The van der Waals surface area contributed by atoms with Crippen LogP contribution in [0.25, 0.3) is 5.65 Å². The first kappa shape index (κ1) is 17.3. The molecule has 1 atom stereocenters. The van der Waals surface area contributed by atoms with Gasteiger partial charge in [0.1, 0.15) is 5.82 Å². The van der Waals surface area contributed by atoms with E-state index in [0.29, 0.717) is 17.8 Å². The fourth-order valence-corrected chi connectivity index (χ4v) is 3.21. The van der Waals surface area contributed by atoms with Gasteiger partial charge in [0.05, 0.1) is 23.8 Å². The third kappa shape index (κ3) is 3.43. The third-order valence-corrected chi connectivity index (χ3v) is 4.63. The summed E-state index contributed by atoms with van der Waals surface area (Å²) in [5.41, 5.74) is 2.52. The Morgan fingerprint density at radius 2 is 2.07 bits per heavy atom. The Labute approximate surface area is 156 Å². The number of nitrogens with one attached hydrogen (secondary N) is 2. The number of aryl methyl sites for hydroxylation is 2. The van der Waals surface area contributed by atoms with Crippen LogP contribution in [-0.4, -0.2) is 61.6 Å². The number of nitrogens with zero attached hydrogens (tertiary/aromatic N) is 7. The first-order chi connectivity index (χ1) is 13.0. The molecule has 0 aliphatic carbocycles. The van der Waals surface area contributed by atoms with Gasteiger partial charge in [0, 0.05) is 25.3 Å². The van der Waals surface area contributed by atoms with E-state index in [0.717, 1.165) is 36.5 Å². The molecule has 27 heavy (non-hydrogen) atoms. The van der Waals surface area contributed by atoms with Crippen molar-refractivity contribution in [1.29, 1.82) is 0 Å². The smallest absolute Gasteiger partial charge is 0.278 e. The highest BCUT2D eigenvalue weighted by Crippen LogP contribution is 2.16. The summed E-state index contributed by atoms with van der Waals surface area (Å²) in [4.78, 5) is 27.6. The van der Waals surface area contributed by atoms with Crippen molar-refractivity contribution in [2.45, 2.75) is 26.3 Å². The summed E-state index contributed by atoms with van der Waals surface area (Å²) in [5, 5.41) is 14.1. The van der Waals surface area contributed by atoms with Gasteiger partial charge in [-0.25, -0.2) is 15.0 Å². The molecular formula is C17H21N9O. The summed E-state index contributed by atoms with van der Waals surface area (Å²) in [6.45, 7) is 5.46. The number of anilines is 2. The lowest BCUT2D eigenvalue weighted by atomic mass is 10.3. The molecule has 1 fully saturated rings. The maximum absolute atomic E-state index is 12.5. The van der Waals surface area contributed by atoms with E-state index in [1.54, 1.807) is 6.20 Å². The van der Waals surface area contributed by atoms with Crippen LogP contribution < -0.4 is 15.5 Å². The number of aromatic nitrogens is 6. The van der Waals surface area contributed by atoms with Gasteiger partial charge in [-0.15, -0.1) is 10.2 Å². The van der Waals surface area contributed by atoms with E-state index < -0.39 is 5.91 Å². The van der Waals surface area contributed by atoms with Crippen LogP contribution in [0.4, 0.5) is 11.8 Å². The average Bonchev–Trinajstić information content (AvgIpc) is 3.28. The summed E-state index contributed by atoms with van der Waals surface area (Å²) in [6, 6.07) is 0.424. The van der Waals surface area contributed by atoms with Crippen LogP contribution in [0, 0.1) is 13.8 Å². The van der Waals surface area contributed by atoms with Gasteiger partial charge in [0.15, 0.2) is 11.3 Å². The Kier molecular flexibility index (Phi) is 4.40. The van der Waals surface area contributed by atoms with E-state index in [4.69, 9.17) is 0 Å². The zero-order valence-corrected chi connectivity index (χ0v) is 15.5. The number of rotatable bonds is 4. The molecule has 4 rings (SSSR count). The highest BCUT2D eigenvalue weighted by atomic mass is 16.2. The zero-order valence-electron chi connectivity index (χ0n) is 15.5. The van der Waals surface area contributed by atoms with Gasteiger partial charge in [0.2, 0.25) is 5.95 Å². The average molecular weight is 367 g/mol. The zero-order chi connectivity index (χ0) is 19.0. The first-order valence-electron chi connectivity index (χ1n) is 8.79. The minimum atomic E-state index is -0.404. The second-order valence-electron chi connectivity index (χ2n) is 6.64. The molecule has 0 bridgehead atoms. The maximum Gasteiger partial charge on any atom is 0.278 e. The van der Waals surface area contributed by atoms with E-state index in [9.17, 15) is 4.79 Å². The summed E-state index contributed by atoms with van der Waals surface area (Å²) in [5.74, 6) is 0.553. The van der Waals surface area contributed by atoms with Gasteiger partial charge in [0.25, 0.3) is 5.91 Å². The van der Waals surface area contributed by atoms with Crippen LogP contribution in [0.15, 0.2) is 18.6 Å². The van der Waals surface area contributed by atoms with Gasteiger partial charge in [-0.2, -0.15) is 0 Å². The van der Waals surface area contributed by atoms with Crippen molar-refractivity contribution in [2.75, 3.05) is 30.4 Å². The summed E-state index contributed by atoms with van der Waals surface area (Å²) < 4.78 is 1.84. The van der Waals surface area contributed by atoms with E-state index in [-0.39, 0.29) is 5.69 Å². The van der Waals surface area contributed by atoms with E-state index in [2.05, 4.69) is 40.7 Å². The monoisotopic (exact) mass is 367 g/mol. The Morgan fingerprint density at radius 1 is 1.22 bits per heavy atom. The normalized spacial score (nSPS) is 16.9. The minimum absolute atomic E-state index is 0.143. The molecule has 0 spiro atoms. The number of hydrogen-bond acceptors (Lipinski definition) is 8. The molecule has 3 aromatic rings. The molecule has 1 aliphatic rings. The van der Waals surface area contributed by atoms with Crippen molar-refractivity contribution in [3.63, 3.8) is 0 Å². The lowest BCUT2D eigenvalue weighted by Crippen LogP contribution is -2.30. The molecule has 0 radical (unpaired) electrons. The van der Waals surface area contributed by atoms with Crippen LogP contribution in [0.1, 0.15) is 28.3 Å². The van der Waals surface area contributed by atoms with Crippen LogP contribution in [0.5, 0.6) is 0 Å². The van der Waals surface area contributed by atoms with Gasteiger partial charge in [-0.3, -0.25) is 4.79 Å². The van der Waals surface area contributed by atoms with Gasteiger partial charge in [-0.1, -0.05) is 0 Å². The van der Waals surface area contributed by atoms with Crippen LogP contribution >= 0.6 is 0 Å². The molecular weight excluding hydrogens is 346 g/mol. The predicted molar refractivity (Wildman–Crippen MR) is 99.9 cm³/mol. The number of amides is 1. The molecule has 1 amide bonds. The second kappa shape index (κ2) is 6.88. The summed E-state index contributed by atoms with van der Waals surface area (Å²) >= 11 is 0.